The van der Waals surface area contributed by atoms with E-state index in [2.05, 4.69) is 4.72 Å². The molecule has 1 amide bonds. The van der Waals surface area contributed by atoms with Crippen molar-refractivity contribution in [3.05, 3.63) is 35.4 Å². The van der Waals surface area contributed by atoms with Crippen LogP contribution in [0.4, 0.5) is 0 Å². The number of carbonyl (C=O) groups is 1. The lowest BCUT2D eigenvalue weighted by atomic mass is 10.0. The first-order valence-corrected chi connectivity index (χ1v) is 10.3. The Bertz CT molecular complexity index is 665. The fourth-order valence-electron chi connectivity index (χ4n) is 2.84. The molecule has 1 atom stereocenters. The average Bonchev–Trinajstić information content (AvgIpc) is 2.55. The quantitative estimate of drug-likeness (QED) is 0.795. The van der Waals surface area contributed by atoms with Crippen molar-refractivity contribution in [2.75, 3.05) is 26.3 Å². The molecule has 25 heavy (non-hydrogen) atoms. The minimum absolute atomic E-state index is 0.127. The van der Waals surface area contributed by atoms with Gasteiger partial charge in [0.15, 0.2) is 0 Å². The number of hydrogen-bond donors (Lipinski definition) is 1. The summed E-state index contributed by atoms with van der Waals surface area (Å²) in [6.45, 7) is 7.92. The van der Waals surface area contributed by atoms with Gasteiger partial charge in [0.2, 0.25) is 15.9 Å². The van der Waals surface area contributed by atoms with Gasteiger partial charge in [-0.2, -0.15) is 0 Å². The van der Waals surface area contributed by atoms with E-state index in [0.29, 0.717) is 38.3 Å². The van der Waals surface area contributed by atoms with Crippen LogP contribution in [0.5, 0.6) is 0 Å². The Labute approximate surface area is 150 Å². The molecule has 0 aliphatic carbocycles. The molecule has 6 nitrogen and oxygen atoms in total. The van der Waals surface area contributed by atoms with Crippen molar-refractivity contribution in [1.82, 2.24) is 9.62 Å². The van der Waals surface area contributed by atoms with Gasteiger partial charge in [-0.25, -0.2) is 13.1 Å². The summed E-state index contributed by atoms with van der Waals surface area (Å²) < 4.78 is 33.0. The van der Waals surface area contributed by atoms with Crippen LogP contribution in [0, 0.1) is 12.8 Å². The third-order valence-electron chi connectivity index (χ3n) is 4.13. The number of morpholine rings is 1. The van der Waals surface area contributed by atoms with Crippen LogP contribution in [0.2, 0.25) is 0 Å². The number of hydrogen-bond acceptors (Lipinski definition) is 4. The summed E-state index contributed by atoms with van der Waals surface area (Å²) in [6, 6.07) is 6.64. The van der Waals surface area contributed by atoms with E-state index >= 15 is 0 Å². The molecule has 1 N–H and O–H groups in total. The van der Waals surface area contributed by atoms with Crippen molar-refractivity contribution in [1.29, 1.82) is 0 Å². The number of carbonyl (C=O) groups excluding carboxylic acids is 1. The Morgan fingerprint density at radius 2 is 1.80 bits per heavy atom. The minimum Gasteiger partial charge on any atom is -0.378 e. The number of nitrogens with one attached hydrogen (secondary N) is 1. The van der Waals surface area contributed by atoms with E-state index < -0.39 is 16.1 Å². The molecule has 0 aromatic heterocycles. The Morgan fingerprint density at radius 1 is 1.20 bits per heavy atom. The van der Waals surface area contributed by atoms with E-state index in [1.54, 1.807) is 17.0 Å². The predicted octanol–water partition coefficient (Wildman–Crippen LogP) is 1.69. The van der Waals surface area contributed by atoms with Crippen LogP contribution in [-0.2, 0) is 25.3 Å². The van der Waals surface area contributed by atoms with Crippen molar-refractivity contribution in [3.63, 3.8) is 0 Å². The molecule has 1 saturated heterocycles. The first-order chi connectivity index (χ1) is 11.8. The van der Waals surface area contributed by atoms with Gasteiger partial charge in [-0.05, 0) is 24.8 Å². The van der Waals surface area contributed by atoms with Crippen LogP contribution in [0.15, 0.2) is 24.3 Å². The zero-order valence-corrected chi connectivity index (χ0v) is 16.0. The third-order valence-corrected chi connectivity index (χ3v) is 5.48. The largest absolute Gasteiger partial charge is 0.378 e. The first-order valence-electron chi connectivity index (χ1n) is 8.69. The van der Waals surface area contributed by atoms with Crippen LogP contribution in [0.25, 0.3) is 0 Å². The molecular weight excluding hydrogens is 340 g/mol. The molecule has 0 saturated carbocycles. The van der Waals surface area contributed by atoms with Crippen LogP contribution in [0.3, 0.4) is 0 Å². The number of aryl methyl sites for hydroxylation is 1. The summed E-state index contributed by atoms with van der Waals surface area (Å²) in [6.07, 6.45) is 0.476. The predicted molar refractivity (Wildman–Crippen MR) is 97.6 cm³/mol. The molecule has 1 heterocycles. The minimum atomic E-state index is -3.60. The second kappa shape index (κ2) is 8.78. The lowest BCUT2D eigenvalue weighted by Gasteiger charge is -2.31. The van der Waals surface area contributed by atoms with Gasteiger partial charge >= 0.3 is 0 Å². The normalized spacial score (nSPS) is 16.9. The fraction of sp³-hybridized carbons (Fsp3) is 0.611. The molecule has 0 bridgehead atoms. The number of amides is 1. The van der Waals surface area contributed by atoms with Gasteiger partial charge in [0.25, 0.3) is 0 Å². The second-order valence-electron chi connectivity index (χ2n) is 6.98. The van der Waals surface area contributed by atoms with E-state index in [0.717, 1.165) is 5.56 Å². The lowest BCUT2D eigenvalue weighted by molar-refractivity contribution is -0.137. The number of nitrogens with zero attached hydrogens (tertiary/aromatic N) is 1. The van der Waals surface area contributed by atoms with Crippen LogP contribution < -0.4 is 4.72 Å². The number of ether oxygens (including phenoxy) is 1. The standard InChI is InChI=1S/C18H28N2O4S/c1-14(2)12-17(18(21)20-8-10-24-11-9-20)19-25(22,23)13-16-6-4-15(3)5-7-16/h4-7,14,17,19H,8-13H2,1-3H3/t17-/m0/s1. The number of benzene rings is 1. The molecule has 140 valence electrons. The highest BCUT2D eigenvalue weighted by Crippen LogP contribution is 2.13. The van der Waals surface area contributed by atoms with Gasteiger partial charge in [-0.3, -0.25) is 4.79 Å². The van der Waals surface area contributed by atoms with Gasteiger partial charge in [0, 0.05) is 13.1 Å². The molecule has 2 rings (SSSR count). The number of rotatable bonds is 7. The van der Waals surface area contributed by atoms with Gasteiger partial charge in [0.05, 0.1) is 19.0 Å². The Hall–Kier alpha value is -1.44. The summed E-state index contributed by atoms with van der Waals surface area (Å²) in [5, 5.41) is 0. The topological polar surface area (TPSA) is 75.7 Å². The zero-order chi connectivity index (χ0) is 18.4. The summed E-state index contributed by atoms with van der Waals surface area (Å²) in [4.78, 5) is 14.4. The summed E-state index contributed by atoms with van der Waals surface area (Å²) in [5.41, 5.74) is 1.79. The highest BCUT2D eigenvalue weighted by molar-refractivity contribution is 7.88. The average molecular weight is 368 g/mol. The summed E-state index contributed by atoms with van der Waals surface area (Å²) in [5.74, 6) is -0.0836. The van der Waals surface area contributed by atoms with Crippen LogP contribution >= 0.6 is 0 Å². The van der Waals surface area contributed by atoms with Gasteiger partial charge in [-0.15, -0.1) is 0 Å². The molecule has 1 aliphatic rings. The van der Waals surface area contributed by atoms with Gasteiger partial charge in [0.1, 0.15) is 6.04 Å². The lowest BCUT2D eigenvalue weighted by Crippen LogP contribution is -2.52. The Balaban J connectivity index is 2.08. The van der Waals surface area contributed by atoms with Crippen molar-refractivity contribution < 1.29 is 17.9 Å². The molecule has 1 aliphatic heterocycles. The first kappa shape index (κ1) is 19.9. The monoisotopic (exact) mass is 368 g/mol. The van der Waals surface area contributed by atoms with E-state index in [1.807, 2.05) is 32.9 Å². The number of sulfonamides is 1. The molecule has 1 aromatic carbocycles. The van der Waals surface area contributed by atoms with E-state index in [9.17, 15) is 13.2 Å². The smallest absolute Gasteiger partial charge is 0.240 e. The maximum Gasteiger partial charge on any atom is 0.240 e. The van der Waals surface area contributed by atoms with Crippen molar-refractivity contribution in [3.8, 4) is 0 Å². The van der Waals surface area contributed by atoms with Crippen molar-refractivity contribution >= 4 is 15.9 Å². The van der Waals surface area contributed by atoms with E-state index in [4.69, 9.17) is 4.74 Å². The van der Waals surface area contributed by atoms with Crippen LogP contribution in [0.1, 0.15) is 31.4 Å². The van der Waals surface area contributed by atoms with Crippen molar-refractivity contribution in [2.24, 2.45) is 5.92 Å². The fourth-order valence-corrected chi connectivity index (χ4v) is 4.18. The molecule has 1 fully saturated rings. The molecular formula is C18H28N2O4S. The highest BCUT2D eigenvalue weighted by atomic mass is 32.2. The van der Waals surface area contributed by atoms with E-state index in [1.165, 1.54) is 0 Å². The summed E-state index contributed by atoms with van der Waals surface area (Å²) in [7, 11) is -3.60. The molecule has 0 radical (unpaired) electrons. The molecule has 0 spiro atoms. The second-order valence-corrected chi connectivity index (χ2v) is 8.74. The summed E-state index contributed by atoms with van der Waals surface area (Å²) >= 11 is 0. The molecule has 1 aromatic rings. The molecule has 7 heteroatoms. The SMILES string of the molecule is Cc1ccc(CS(=O)(=O)N[C@@H](CC(C)C)C(=O)N2CCOCC2)cc1. The maximum atomic E-state index is 12.8. The zero-order valence-electron chi connectivity index (χ0n) is 15.2. The van der Waals surface area contributed by atoms with Crippen LogP contribution in [-0.4, -0.2) is 51.6 Å². The third kappa shape index (κ3) is 6.41. The van der Waals surface area contributed by atoms with Crippen molar-refractivity contribution in [2.45, 2.75) is 39.0 Å². The van der Waals surface area contributed by atoms with Gasteiger partial charge < -0.3 is 9.64 Å². The Morgan fingerprint density at radius 3 is 2.36 bits per heavy atom. The maximum absolute atomic E-state index is 12.8. The van der Waals surface area contributed by atoms with Gasteiger partial charge in [-0.1, -0.05) is 43.7 Å². The highest BCUT2D eigenvalue weighted by Gasteiger charge is 2.30. The van der Waals surface area contributed by atoms with E-state index in [-0.39, 0.29) is 17.6 Å². The Kier molecular flexibility index (Phi) is 6.98. The molecule has 0 unspecified atom stereocenters.